The summed E-state index contributed by atoms with van der Waals surface area (Å²) in [6.07, 6.45) is 1.53. The average molecular weight is 328 g/mol. The SMILES string of the molecule is FC(F)(CCc1ccc2cccnc2n1)COCc1ccccc1. The van der Waals surface area contributed by atoms with Crippen LogP contribution in [0.4, 0.5) is 8.78 Å². The van der Waals surface area contributed by atoms with Gasteiger partial charge < -0.3 is 4.74 Å². The monoisotopic (exact) mass is 328 g/mol. The van der Waals surface area contributed by atoms with Crippen LogP contribution in [0.15, 0.2) is 60.8 Å². The van der Waals surface area contributed by atoms with E-state index in [1.807, 2.05) is 48.5 Å². The fraction of sp³-hybridized carbons (Fsp3) is 0.263. The summed E-state index contributed by atoms with van der Waals surface area (Å²) in [7, 11) is 0. The molecule has 1 aromatic carbocycles. The second-order valence-corrected chi connectivity index (χ2v) is 5.69. The van der Waals surface area contributed by atoms with Gasteiger partial charge in [0.05, 0.1) is 6.61 Å². The lowest BCUT2D eigenvalue weighted by Crippen LogP contribution is -2.24. The first-order valence-corrected chi connectivity index (χ1v) is 7.83. The molecule has 24 heavy (non-hydrogen) atoms. The second kappa shape index (κ2) is 7.45. The van der Waals surface area contributed by atoms with Gasteiger partial charge in [-0.3, -0.25) is 0 Å². The van der Waals surface area contributed by atoms with E-state index >= 15 is 0 Å². The lowest BCUT2D eigenvalue weighted by Gasteiger charge is -2.16. The summed E-state index contributed by atoms with van der Waals surface area (Å²) in [6.45, 7) is -0.400. The maximum Gasteiger partial charge on any atom is 0.271 e. The van der Waals surface area contributed by atoms with E-state index in [4.69, 9.17) is 4.74 Å². The summed E-state index contributed by atoms with van der Waals surface area (Å²) in [5.74, 6) is -2.88. The second-order valence-electron chi connectivity index (χ2n) is 5.69. The van der Waals surface area contributed by atoms with E-state index in [0.29, 0.717) is 11.3 Å². The van der Waals surface area contributed by atoms with Crippen molar-refractivity contribution in [2.45, 2.75) is 25.4 Å². The third kappa shape index (κ3) is 4.55. The summed E-state index contributed by atoms with van der Waals surface area (Å²) in [6, 6.07) is 16.6. The number of hydrogen-bond donors (Lipinski definition) is 0. The molecule has 0 amide bonds. The zero-order chi connectivity index (χ0) is 16.8. The Balaban J connectivity index is 1.51. The Labute approximate surface area is 139 Å². The molecule has 2 aromatic heterocycles. The van der Waals surface area contributed by atoms with Gasteiger partial charge in [0, 0.05) is 23.7 Å². The molecule has 3 nitrogen and oxygen atoms in total. The van der Waals surface area contributed by atoms with Crippen LogP contribution >= 0.6 is 0 Å². The highest BCUT2D eigenvalue weighted by Gasteiger charge is 2.29. The maximum absolute atomic E-state index is 14.0. The first kappa shape index (κ1) is 16.5. The lowest BCUT2D eigenvalue weighted by atomic mass is 10.1. The van der Waals surface area contributed by atoms with Crippen molar-refractivity contribution >= 4 is 11.0 Å². The standard InChI is InChI=1S/C19H18F2N2O/c20-19(21,14-24-13-15-5-2-1-3-6-15)11-10-17-9-8-16-7-4-12-22-18(16)23-17/h1-9,12H,10-11,13-14H2. The van der Waals surface area contributed by atoms with Gasteiger partial charge >= 0.3 is 0 Å². The highest BCUT2D eigenvalue weighted by atomic mass is 19.3. The molecule has 0 aliphatic carbocycles. The number of fused-ring (bicyclic) bond motifs is 1. The van der Waals surface area contributed by atoms with Gasteiger partial charge in [-0.05, 0) is 36.2 Å². The molecule has 0 fully saturated rings. The first-order valence-electron chi connectivity index (χ1n) is 7.83. The van der Waals surface area contributed by atoms with E-state index in [-0.39, 0.29) is 19.4 Å². The number of aryl methyl sites for hydroxylation is 1. The van der Waals surface area contributed by atoms with Crippen molar-refractivity contribution in [2.75, 3.05) is 6.61 Å². The molecular weight excluding hydrogens is 310 g/mol. The Morgan fingerprint density at radius 3 is 2.62 bits per heavy atom. The van der Waals surface area contributed by atoms with Crippen LogP contribution in [0.5, 0.6) is 0 Å². The highest BCUT2D eigenvalue weighted by Crippen LogP contribution is 2.22. The van der Waals surface area contributed by atoms with Gasteiger partial charge in [-0.1, -0.05) is 30.3 Å². The lowest BCUT2D eigenvalue weighted by molar-refractivity contribution is -0.0864. The van der Waals surface area contributed by atoms with Crippen LogP contribution in [0.2, 0.25) is 0 Å². The Morgan fingerprint density at radius 2 is 1.79 bits per heavy atom. The van der Waals surface area contributed by atoms with Crippen molar-refractivity contribution in [3.05, 3.63) is 72.1 Å². The number of benzene rings is 1. The van der Waals surface area contributed by atoms with Crippen LogP contribution in [0.3, 0.4) is 0 Å². The zero-order valence-corrected chi connectivity index (χ0v) is 13.2. The molecule has 124 valence electrons. The summed E-state index contributed by atoms with van der Waals surface area (Å²) >= 11 is 0. The van der Waals surface area contributed by atoms with E-state index < -0.39 is 12.5 Å². The number of alkyl halides is 2. The number of aromatic nitrogens is 2. The van der Waals surface area contributed by atoms with Crippen LogP contribution in [0.25, 0.3) is 11.0 Å². The molecule has 3 aromatic rings. The Morgan fingerprint density at radius 1 is 0.958 bits per heavy atom. The number of halogens is 2. The third-order valence-corrected chi connectivity index (χ3v) is 3.69. The van der Waals surface area contributed by atoms with Crippen molar-refractivity contribution in [2.24, 2.45) is 0 Å². The van der Waals surface area contributed by atoms with Crippen molar-refractivity contribution in [3.63, 3.8) is 0 Å². The molecule has 0 unspecified atom stereocenters. The number of pyridine rings is 2. The first-order chi connectivity index (χ1) is 11.6. The zero-order valence-electron chi connectivity index (χ0n) is 13.2. The van der Waals surface area contributed by atoms with Crippen LogP contribution in [0, 0.1) is 0 Å². The fourth-order valence-electron chi connectivity index (χ4n) is 2.41. The van der Waals surface area contributed by atoms with E-state index in [1.165, 1.54) is 0 Å². The van der Waals surface area contributed by atoms with Crippen LogP contribution in [0.1, 0.15) is 17.7 Å². The molecule has 0 spiro atoms. The average Bonchev–Trinajstić information content (AvgIpc) is 2.61. The van der Waals surface area contributed by atoms with Crippen molar-refractivity contribution in [1.29, 1.82) is 0 Å². The Kier molecular flexibility index (Phi) is 5.11. The van der Waals surface area contributed by atoms with Gasteiger partial charge in [0.1, 0.15) is 6.61 Å². The van der Waals surface area contributed by atoms with Crippen molar-refractivity contribution in [1.82, 2.24) is 9.97 Å². The van der Waals surface area contributed by atoms with Gasteiger partial charge in [-0.15, -0.1) is 0 Å². The number of hydrogen-bond acceptors (Lipinski definition) is 3. The Hall–Kier alpha value is -2.40. The Bertz CT molecular complexity index is 793. The van der Waals surface area contributed by atoms with E-state index in [2.05, 4.69) is 9.97 Å². The van der Waals surface area contributed by atoms with Crippen LogP contribution in [-0.4, -0.2) is 22.5 Å². The minimum absolute atomic E-state index is 0.189. The smallest absolute Gasteiger partial charge is 0.271 e. The number of nitrogens with zero attached hydrogens (tertiary/aromatic N) is 2. The predicted octanol–water partition coefficient (Wildman–Crippen LogP) is 4.41. The minimum atomic E-state index is -2.88. The summed E-state index contributed by atoms with van der Waals surface area (Å²) in [4.78, 5) is 8.47. The van der Waals surface area contributed by atoms with Crippen molar-refractivity contribution in [3.8, 4) is 0 Å². The van der Waals surface area contributed by atoms with E-state index in [9.17, 15) is 8.78 Å². The molecule has 2 heterocycles. The van der Waals surface area contributed by atoms with Crippen molar-refractivity contribution < 1.29 is 13.5 Å². The maximum atomic E-state index is 14.0. The van der Waals surface area contributed by atoms with E-state index in [0.717, 1.165) is 10.9 Å². The van der Waals surface area contributed by atoms with Gasteiger partial charge in [-0.2, -0.15) is 0 Å². The molecule has 0 atom stereocenters. The largest absolute Gasteiger partial charge is 0.371 e. The molecule has 0 aliphatic rings. The molecule has 0 saturated heterocycles. The van der Waals surface area contributed by atoms with Gasteiger partial charge in [0.25, 0.3) is 5.92 Å². The van der Waals surface area contributed by atoms with Crippen LogP contribution in [-0.2, 0) is 17.8 Å². The summed E-state index contributed by atoms with van der Waals surface area (Å²) in [5.41, 5.74) is 2.08. The number of ether oxygens (including phenoxy) is 1. The summed E-state index contributed by atoms with van der Waals surface area (Å²) in [5, 5.41) is 0.902. The van der Waals surface area contributed by atoms with Gasteiger partial charge in [0.2, 0.25) is 0 Å². The molecule has 5 heteroatoms. The normalized spacial score (nSPS) is 11.8. The van der Waals surface area contributed by atoms with Crippen LogP contribution < -0.4 is 0 Å². The number of rotatable bonds is 7. The minimum Gasteiger partial charge on any atom is -0.371 e. The topological polar surface area (TPSA) is 35.0 Å². The molecular formula is C19H18F2N2O. The summed E-state index contributed by atoms with van der Waals surface area (Å²) < 4.78 is 33.1. The van der Waals surface area contributed by atoms with E-state index in [1.54, 1.807) is 12.3 Å². The molecule has 0 radical (unpaired) electrons. The van der Waals surface area contributed by atoms with Gasteiger partial charge in [-0.25, -0.2) is 18.7 Å². The fourth-order valence-corrected chi connectivity index (χ4v) is 2.41. The quantitative estimate of drug-likeness (QED) is 0.644. The molecule has 0 saturated carbocycles. The highest BCUT2D eigenvalue weighted by molar-refractivity contribution is 5.74. The van der Waals surface area contributed by atoms with Gasteiger partial charge in [0.15, 0.2) is 5.65 Å². The third-order valence-electron chi connectivity index (χ3n) is 3.69. The predicted molar refractivity (Wildman–Crippen MR) is 88.9 cm³/mol. The molecule has 0 aliphatic heterocycles. The molecule has 0 bridgehead atoms. The molecule has 3 rings (SSSR count). The molecule has 0 N–H and O–H groups in total.